The van der Waals surface area contributed by atoms with Gasteiger partial charge in [0.1, 0.15) is 17.2 Å². The molecule has 1 aliphatic rings. The van der Waals surface area contributed by atoms with E-state index in [9.17, 15) is 18.4 Å². The van der Waals surface area contributed by atoms with Crippen molar-refractivity contribution in [1.29, 1.82) is 0 Å². The molecule has 2 N–H and O–H groups in total. The number of nitrogens with one attached hydrogen (secondary N) is 2. The lowest BCUT2D eigenvalue weighted by Gasteiger charge is -2.27. The number of carbonyl (C=O) groups excluding carboxylic acids is 1. The zero-order valence-electron chi connectivity index (χ0n) is 20.1. The van der Waals surface area contributed by atoms with E-state index in [0.717, 1.165) is 6.07 Å². The molecule has 0 spiro atoms. The van der Waals surface area contributed by atoms with Crippen LogP contribution in [-0.2, 0) is 15.9 Å². The maximum absolute atomic E-state index is 13.5. The summed E-state index contributed by atoms with van der Waals surface area (Å²) in [6.07, 6.45) is 0.997. The van der Waals surface area contributed by atoms with Gasteiger partial charge in [-0.3, -0.25) is 9.59 Å². The van der Waals surface area contributed by atoms with Gasteiger partial charge in [-0.15, -0.1) is 0 Å². The van der Waals surface area contributed by atoms with E-state index in [1.165, 1.54) is 24.3 Å². The standard InChI is InChI=1S/C26H29F2N3O5/c1-34-8-2-4-30-26(33)18-11-17(3-5-29-21-14-19(27)13-20(28)15-21)25-22(12-18)23(32)16-24(36-25)31-6-9-35-10-7-31/h11-16,29H,2-10H2,1H3,(H,30,33). The molecule has 10 heteroatoms. The summed E-state index contributed by atoms with van der Waals surface area (Å²) < 4.78 is 43.7. The van der Waals surface area contributed by atoms with Gasteiger partial charge < -0.3 is 29.4 Å². The molecule has 0 atom stereocenters. The maximum Gasteiger partial charge on any atom is 0.251 e. The van der Waals surface area contributed by atoms with Crippen molar-refractivity contribution in [3.05, 3.63) is 69.4 Å². The van der Waals surface area contributed by atoms with E-state index in [4.69, 9.17) is 13.9 Å². The Hall–Kier alpha value is -3.50. The summed E-state index contributed by atoms with van der Waals surface area (Å²) in [7, 11) is 1.59. The van der Waals surface area contributed by atoms with Crippen LogP contribution in [0.4, 0.5) is 20.4 Å². The Morgan fingerprint density at radius 3 is 2.53 bits per heavy atom. The Labute approximate surface area is 207 Å². The molecule has 4 rings (SSSR count). The number of benzene rings is 2. The van der Waals surface area contributed by atoms with E-state index < -0.39 is 11.6 Å². The van der Waals surface area contributed by atoms with Crippen LogP contribution < -0.4 is 21.0 Å². The average molecular weight is 502 g/mol. The number of rotatable bonds is 10. The Balaban J connectivity index is 1.64. The van der Waals surface area contributed by atoms with Gasteiger partial charge in [0.25, 0.3) is 5.91 Å². The number of ether oxygens (including phenoxy) is 2. The third-order valence-corrected chi connectivity index (χ3v) is 5.87. The summed E-state index contributed by atoms with van der Waals surface area (Å²) >= 11 is 0. The lowest BCUT2D eigenvalue weighted by molar-refractivity contribution is 0.0948. The number of morpholine rings is 1. The highest BCUT2D eigenvalue weighted by molar-refractivity contribution is 5.98. The van der Waals surface area contributed by atoms with E-state index in [2.05, 4.69) is 10.6 Å². The van der Waals surface area contributed by atoms with Crippen molar-refractivity contribution in [2.24, 2.45) is 0 Å². The van der Waals surface area contributed by atoms with Gasteiger partial charge in [0, 0.05) is 63.3 Å². The molecule has 3 aromatic rings. The third kappa shape index (κ3) is 6.38. The number of fused-ring (bicyclic) bond motifs is 1. The van der Waals surface area contributed by atoms with Gasteiger partial charge in [-0.05, 0) is 42.7 Å². The van der Waals surface area contributed by atoms with Crippen LogP contribution in [0.2, 0.25) is 0 Å². The smallest absolute Gasteiger partial charge is 0.251 e. The first-order chi connectivity index (χ1) is 17.4. The summed E-state index contributed by atoms with van der Waals surface area (Å²) in [6.45, 7) is 3.50. The molecule has 0 aliphatic carbocycles. The molecule has 2 aromatic carbocycles. The third-order valence-electron chi connectivity index (χ3n) is 5.87. The Bertz CT molecular complexity index is 1250. The Morgan fingerprint density at radius 1 is 1.06 bits per heavy atom. The van der Waals surface area contributed by atoms with Crippen molar-refractivity contribution in [3.8, 4) is 0 Å². The monoisotopic (exact) mass is 501 g/mol. The zero-order chi connectivity index (χ0) is 25.5. The van der Waals surface area contributed by atoms with Crippen molar-refractivity contribution >= 4 is 28.4 Å². The fourth-order valence-corrected chi connectivity index (χ4v) is 4.09. The Kier molecular flexibility index (Phi) is 8.50. The van der Waals surface area contributed by atoms with Crippen LogP contribution in [0.25, 0.3) is 11.0 Å². The number of hydrogen-bond donors (Lipinski definition) is 2. The van der Waals surface area contributed by atoms with Crippen LogP contribution in [0, 0.1) is 11.6 Å². The number of hydrogen-bond acceptors (Lipinski definition) is 7. The van der Waals surface area contributed by atoms with Crippen molar-refractivity contribution < 1.29 is 27.5 Å². The first-order valence-electron chi connectivity index (χ1n) is 11.8. The molecule has 0 radical (unpaired) electrons. The van der Waals surface area contributed by atoms with E-state index in [0.29, 0.717) is 92.5 Å². The predicted octanol–water partition coefficient (Wildman–Crippen LogP) is 3.33. The van der Waals surface area contributed by atoms with Crippen LogP contribution in [0.15, 0.2) is 45.6 Å². The lowest BCUT2D eigenvalue weighted by atomic mass is 10.0. The molecule has 1 fully saturated rings. The molecular weight excluding hydrogens is 472 g/mol. The van der Waals surface area contributed by atoms with Crippen LogP contribution in [0.3, 0.4) is 0 Å². The molecule has 0 saturated carbocycles. The molecule has 8 nitrogen and oxygen atoms in total. The summed E-state index contributed by atoms with van der Waals surface area (Å²) in [5.41, 5.74) is 1.38. The second kappa shape index (κ2) is 12.0. The first-order valence-corrected chi connectivity index (χ1v) is 11.8. The average Bonchev–Trinajstić information content (AvgIpc) is 2.86. The highest BCUT2D eigenvalue weighted by Crippen LogP contribution is 2.25. The maximum atomic E-state index is 13.5. The van der Waals surface area contributed by atoms with Crippen LogP contribution in [0.1, 0.15) is 22.3 Å². The van der Waals surface area contributed by atoms with Crippen LogP contribution >= 0.6 is 0 Å². The fourth-order valence-electron chi connectivity index (χ4n) is 4.09. The SMILES string of the molecule is COCCCNC(=O)c1cc(CCNc2cc(F)cc(F)c2)c2oc(N3CCOCC3)cc(=O)c2c1. The highest BCUT2D eigenvalue weighted by atomic mass is 19.1. The number of halogens is 2. The number of carbonyl (C=O) groups is 1. The quantitative estimate of drug-likeness (QED) is 0.412. The van der Waals surface area contributed by atoms with E-state index in [1.54, 1.807) is 13.2 Å². The zero-order valence-corrected chi connectivity index (χ0v) is 20.1. The van der Waals surface area contributed by atoms with E-state index in [1.807, 2.05) is 4.90 Å². The van der Waals surface area contributed by atoms with Gasteiger partial charge in [-0.25, -0.2) is 8.78 Å². The first kappa shape index (κ1) is 25.6. The fraction of sp³-hybridized carbons (Fsp3) is 0.385. The lowest BCUT2D eigenvalue weighted by Crippen LogP contribution is -2.36. The predicted molar refractivity (Wildman–Crippen MR) is 133 cm³/mol. The summed E-state index contributed by atoms with van der Waals surface area (Å²) in [6, 6.07) is 7.85. The molecule has 1 aromatic heterocycles. The highest BCUT2D eigenvalue weighted by Gasteiger charge is 2.19. The Morgan fingerprint density at radius 2 is 1.81 bits per heavy atom. The molecule has 36 heavy (non-hydrogen) atoms. The molecule has 0 unspecified atom stereocenters. The summed E-state index contributed by atoms with van der Waals surface area (Å²) in [5, 5.41) is 6.11. The molecular formula is C26H29F2N3O5. The number of amides is 1. The minimum atomic E-state index is -0.684. The van der Waals surface area contributed by atoms with Crippen molar-refractivity contribution in [3.63, 3.8) is 0 Å². The molecule has 0 bridgehead atoms. The van der Waals surface area contributed by atoms with Crippen molar-refractivity contribution in [2.75, 3.05) is 63.3 Å². The molecule has 192 valence electrons. The van der Waals surface area contributed by atoms with E-state index >= 15 is 0 Å². The molecule has 1 aliphatic heterocycles. The van der Waals surface area contributed by atoms with Gasteiger partial charge in [0.15, 0.2) is 11.3 Å². The van der Waals surface area contributed by atoms with Gasteiger partial charge in [0.2, 0.25) is 0 Å². The number of methoxy groups -OCH3 is 1. The molecule has 1 saturated heterocycles. The molecule has 2 heterocycles. The van der Waals surface area contributed by atoms with Crippen molar-refractivity contribution in [1.82, 2.24) is 5.32 Å². The summed E-state index contributed by atoms with van der Waals surface area (Å²) in [5.74, 6) is -1.24. The minimum absolute atomic E-state index is 0.256. The minimum Gasteiger partial charge on any atom is -0.440 e. The van der Waals surface area contributed by atoms with E-state index in [-0.39, 0.29) is 11.3 Å². The van der Waals surface area contributed by atoms with Crippen LogP contribution in [-0.4, -0.2) is 59.0 Å². The summed E-state index contributed by atoms with van der Waals surface area (Å²) in [4.78, 5) is 27.8. The number of anilines is 2. The normalized spacial score (nSPS) is 13.7. The van der Waals surface area contributed by atoms with Gasteiger partial charge in [-0.1, -0.05) is 0 Å². The van der Waals surface area contributed by atoms with Gasteiger partial charge >= 0.3 is 0 Å². The van der Waals surface area contributed by atoms with Crippen molar-refractivity contribution in [2.45, 2.75) is 12.8 Å². The van der Waals surface area contributed by atoms with Gasteiger partial charge in [-0.2, -0.15) is 0 Å². The second-order valence-corrected chi connectivity index (χ2v) is 8.50. The van der Waals surface area contributed by atoms with Gasteiger partial charge in [0.05, 0.1) is 18.6 Å². The topological polar surface area (TPSA) is 93.0 Å². The largest absolute Gasteiger partial charge is 0.440 e. The number of nitrogens with zero attached hydrogens (tertiary/aromatic N) is 1. The second-order valence-electron chi connectivity index (χ2n) is 8.50. The van der Waals surface area contributed by atoms with Crippen LogP contribution in [0.5, 0.6) is 0 Å². The molecule has 1 amide bonds.